The Hall–Kier alpha value is -0.920. The zero-order valence-corrected chi connectivity index (χ0v) is 9.57. The molecule has 76 valence electrons. The lowest BCUT2D eigenvalue weighted by molar-refractivity contribution is 0.224. The summed E-state index contributed by atoms with van der Waals surface area (Å²) in [5.74, 6) is 0. The summed E-state index contributed by atoms with van der Waals surface area (Å²) in [6.07, 6.45) is 0. The van der Waals surface area contributed by atoms with Gasteiger partial charge in [0.25, 0.3) is 0 Å². The molecule has 0 amide bonds. The third-order valence-electron chi connectivity index (χ3n) is 2.07. The summed E-state index contributed by atoms with van der Waals surface area (Å²) < 4.78 is 0. The Kier molecular flexibility index (Phi) is 4.05. The monoisotopic (exact) mass is 182 g/mol. The maximum atomic E-state index is 4.02. The summed E-state index contributed by atoms with van der Waals surface area (Å²) in [6.45, 7) is 17.0. The Labute approximate surface area is 82.3 Å². The van der Waals surface area contributed by atoms with Crippen LogP contribution in [-0.4, -0.2) is 24.0 Å². The third-order valence-corrected chi connectivity index (χ3v) is 2.07. The van der Waals surface area contributed by atoms with E-state index < -0.39 is 0 Å². The van der Waals surface area contributed by atoms with Crippen LogP contribution in [-0.2, 0) is 0 Å². The van der Waals surface area contributed by atoms with E-state index in [0.29, 0.717) is 0 Å². The van der Waals surface area contributed by atoms with Crippen molar-refractivity contribution in [1.29, 1.82) is 0 Å². The first-order valence-corrected chi connectivity index (χ1v) is 4.56. The molecule has 0 spiro atoms. The van der Waals surface area contributed by atoms with Gasteiger partial charge in [0.2, 0.25) is 0 Å². The van der Waals surface area contributed by atoms with Crippen molar-refractivity contribution in [1.82, 2.24) is 10.2 Å². The predicted octanol–water partition coefficient (Wildman–Crippen LogP) is 2.35. The first kappa shape index (κ1) is 12.1. The van der Waals surface area contributed by atoms with E-state index in [4.69, 9.17) is 0 Å². The van der Waals surface area contributed by atoms with Gasteiger partial charge in [-0.1, -0.05) is 13.2 Å². The van der Waals surface area contributed by atoms with Gasteiger partial charge in [-0.2, -0.15) is 0 Å². The highest BCUT2D eigenvalue weighted by Crippen LogP contribution is 2.14. The Balaban J connectivity index is 4.05. The molecule has 0 saturated carbocycles. The first-order chi connectivity index (χ1) is 5.75. The molecule has 0 aromatic rings. The highest BCUT2D eigenvalue weighted by Gasteiger charge is 2.17. The summed E-state index contributed by atoms with van der Waals surface area (Å²) in [4.78, 5) is 2.17. The van der Waals surface area contributed by atoms with Gasteiger partial charge >= 0.3 is 0 Å². The quantitative estimate of drug-likeness (QED) is 0.718. The van der Waals surface area contributed by atoms with E-state index in [1.807, 2.05) is 6.92 Å². The van der Waals surface area contributed by atoms with Crippen molar-refractivity contribution in [3.8, 4) is 0 Å². The highest BCUT2D eigenvalue weighted by molar-refractivity contribution is 5.02. The molecule has 0 bridgehead atoms. The van der Waals surface area contributed by atoms with Crippen LogP contribution in [0.25, 0.3) is 0 Å². The van der Waals surface area contributed by atoms with Gasteiger partial charge in [0.15, 0.2) is 0 Å². The summed E-state index contributed by atoms with van der Waals surface area (Å²) in [5.41, 5.74) is 2.19. The SMILES string of the molecule is C=C(C)NCC(=C)N(C)C(C)(C)C. The van der Waals surface area contributed by atoms with Gasteiger partial charge in [-0.3, -0.25) is 0 Å². The fraction of sp³-hybridized carbons (Fsp3) is 0.636. The molecule has 0 unspecified atom stereocenters. The minimum Gasteiger partial charge on any atom is -0.384 e. The first-order valence-electron chi connectivity index (χ1n) is 4.56. The van der Waals surface area contributed by atoms with E-state index in [0.717, 1.165) is 17.9 Å². The number of rotatable bonds is 4. The molecular formula is C11H22N2. The van der Waals surface area contributed by atoms with Crippen LogP contribution in [0.3, 0.4) is 0 Å². The second kappa shape index (κ2) is 4.35. The molecule has 0 heterocycles. The topological polar surface area (TPSA) is 15.3 Å². The van der Waals surface area contributed by atoms with Gasteiger partial charge in [-0.15, -0.1) is 0 Å². The summed E-state index contributed by atoms with van der Waals surface area (Å²) in [6, 6.07) is 0. The Morgan fingerprint density at radius 1 is 1.31 bits per heavy atom. The lowest BCUT2D eigenvalue weighted by Crippen LogP contribution is -2.39. The normalized spacial score (nSPS) is 10.8. The van der Waals surface area contributed by atoms with E-state index in [1.165, 1.54) is 0 Å². The van der Waals surface area contributed by atoms with Crippen molar-refractivity contribution < 1.29 is 0 Å². The fourth-order valence-corrected chi connectivity index (χ4v) is 0.846. The zero-order chi connectivity index (χ0) is 10.6. The molecule has 0 aliphatic carbocycles. The van der Waals surface area contributed by atoms with Gasteiger partial charge in [-0.25, -0.2) is 0 Å². The second-order valence-electron chi connectivity index (χ2n) is 4.43. The molecular weight excluding hydrogens is 160 g/mol. The Morgan fingerprint density at radius 3 is 2.08 bits per heavy atom. The molecule has 0 fully saturated rings. The van der Waals surface area contributed by atoms with E-state index in [9.17, 15) is 0 Å². The molecule has 0 aromatic carbocycles. The third kappa shape index (κ3) is 4.61. The molecule has 0 aliphatic heterocycles. The van der Waals surface area contributed by atoms with Gasteiger partial charge in [0, 0.05) is 24.0 Å². The van der Waals surface area contributed by atoms with Crippen molar-refractivity contribution in [3.05, 3.63) is 24.6 Å². The van der Waals surface area contributed by atoms with Crippen LogP contribution in [0.5, 0.6) is 0 Å². The molecule has 0 atom stereocenters. The van der Waals surface area contributed by atoms with Gasteiger partial charge in [-0.05, 0) is 27.7 Å². The van der Waals surface area contributed by atoms with Crippen molar-refractivity contribution in [3.63, 3.8) is 0 Å². The number of nitrogens with zero attached hydrogens (tertiary/aromatic N) is 1. The van der Waals surface area contributed by atoms with Crippen LogP contribution in [0.4, 0.5) is 0 Å². The largest absolute Gasteiger partial charge is 0.384 e. The molecule has 2 nitrogen and oxygen atoms in total. The van der Waals surface area contributed by atoms with Crippen LogP contribution in [0.2, 0.25) is 0 Å². The predicted molar refractivity (Wildman–Crippen MR) is 59.5 cm³/mol. The van der Waals surface area contributed by atoms with Crippen molar-refractivity contribution in [2.24, 2.45) is 0 Å². The van der Waals surface area contributed by atoms with Crippen LogP contribution in [0.1, 0.15) is 27.7 Å². The second-order valence-corrected chi connectivity index (χ2v) is 4.43. The number of allylic oxidation sites excluding steroid dienone is 1. The lowest BCUT2D eigenvalue weighted by atomic mass is 10.1. The smallest absolute Gasteiger partial charge is 0.0540 e. The average molecular weight is 182 g/mol. The molecule has 1 N–H and O–H groups in total. The van der Waals surface area contributed by atoms with Gasteiger partial charge < -0.3 is 10.2 Å². The van der Waals surface area contributed by atoms with E-state index >= 15 is 0 Å². The minimum atomic E-state index is 0.133. The molecule has 13 heavy (non-hydrogen) atoms. The molecule has 0 aliphatic rings. The Morgan fingerprint density at radius 2 is 1.77 bits per heavy atom. The van der Waals surface area contributed by atoms with Gasteiger partial charge in [0.1, 0.15) is 0 Å². The summed E-state index contributed by atoms with van der Waals surface area (Å²) in [5, 5.41) is 3.16. The summed E-state index contributed by atoms with van der Waals surface area (Å²) in [7, 11) is 2.06. The van der Waals surface area contributed by atoms with Crippen molar-refractivity contribution in [2.45, 2.75) is 33.2 Å². The van der Waals surface area contributed by atoms with Crippen molar-refractivity contribution in [2.75, 3.05) is 13.6 Å². The van der Waals surface area contributed by atoms with Crippen molar-refractivity contribution >= 4 is 0 Å². The number of hydrogen-bond acceptors (Lipinski definition) is 2. The van der Waals surface area contributed by atoms with Crippen LogP contribution in [0, 0.1) is 0 Å². The van der Waals surface area contributed by atoms with Gasteiger partial charge in [0.05, 0.1) is 6.54 Å². The van der Waals surface area contributed by atoms with E-state index in [-0.39, 0.29) is 5.54 Å². The summed E-state index contributed by atoms with van der Waals surface area (Å²) >= 11 is 0. The fourth-order valence-electron chi connectivity index (χ4n) is 0.846. The molecule has 0 aromatic heterocycles. The van der Waals surface area contributed by atoms with Crippen LogP contribution < -0.4 is 5.32 Å². The highest BCUT2D eigenvalue weighted by atomic mass is 15.2. The molecule has 0 rings (SSSR count). The van der Waals surface area contributed by atoms with E-state index in [2.05, 4.69) is 51.2 Å². The van der Waals surface area contributed by atoms with Crippen LogP contribution >= 0.6 is 0 Å². The lowest BCUT2D eigenvalue weighted by Gasteiger charge is -2.35. The maximum absolute atomic E-state index is 4.02. The molecule has 0 radical (unpaired) electrons. The number of hydrogen-bond donors (Lipinski definition) is 1. The maximum Gasteiger partial charge on any atom is 0.0540 e. The molecule has 2 heteroatoms. The average Bonchev–Trinajstić information content (AvgIpc) is 1.96. The number of nitrogens with one attached hydrogen (secondary N) is 1. The number of likely N-dealkylation sites (N-methyl/N-ethyl adjacent to an activating group) is 1. The van der Waals surface area contributed by atoms with E-state index in [1.54, 1.807) is 0 Å². The Bertz CT molecular complexity index is 199. The standard InChI is InChI=1S/C11H22N2/c1-9(2)12-8-10(3)13(7)11(4,5)6/h12H,1,3,8H2,2,4-7H3. The zero-order valence-electron chi connectivity index (χ0n) is 9.57. The molecule has 0 saturated heterocycles. The minimum absolute atomic E-state index is 0.133. The van der Waals surface area contributed by atoms with Crippen LogP contribution in [0.15, 0.2) is 24.6 Å².